The number of ether oxygens (including phenoxy) is 1. The molecule has 2 aromatic heterocycles. The van der Waals surface area contributed by atoms with Crippen molar-refractivity contribution < 1.29 is 28.6 Å². The van der Waals surface area contributed by atoms with Gasteiger partial charge in [-0.15, -0.1) is 11.3 Å². The van der Waals surface area contributed by atoms with Crippen LogP contribution in [-0.2, 0) is 4.79 Å². The van der Waals surface area contributed by atoms with Crippen LogP contribution in [0.15, 0.2) is 24.5 Å². The number of carbonyl (C=O) groups is 3. The molecule has 0 saturated heterocycles. The normalized spacial score (nSPS) is 22.0. The third-order valence-corrected chi connectivity index (χ3v) is 7.54. The van der Waals surface area contributed by atoms with Crippen LogP contribution in [0.2, 0.25) is 0 Å². The van der Waals surface area contributed by atoms with Gasteiger partial charge >= 0.3 is 6.09 Å². The van der Waals surface area contributed by atoms with Crippen molar-refractivity contribution in [1.29, 1.82) is 0 Å². The molecule has 3 amide bonds. The second kappa shape index (κ2) is 9.81. The molecule has 2 aliphatic carbocycles. The first-order chi connectivity index (χ1) is 17.7. The van der Waals surface area contributed by atoms with Gasteiger partial charge in [0.05, 0.1) is 28.0 Å². The predicted octanol–water partition coefficient (Wildman–Crippen LogP) is 3.07. The highest BCUT2D eigenvalue weighted by Crippen LogP contribution is 2.38. The average molecular weight is 529 g/mol. The van der Waals surface area contributed by atoms with Crippen LogP contribution in [0, 0.1) is 12.7 Å². The van der Waals surface area contributed by atoms with Gasteiger partial charge in [-0.2, -0.15) is 0 Å². The largest absolute Gasteiger partial charge is 0.488 e. The number of thiophene rings is 1. The van der Waals surface area contributed by atoms with E-state index in [1.807, 2.05) is 0 Å². The predicted molar refractivity (Wildman–Crippen MR) is 134 cm³/mol. The fourth-order valence-corrected chi connectivity index (χ4v) is 5.41. The SMILES string of the molecule is CC(=O)NC1CC(Oc2cc(F)ccc2Nc2ncnc3sc(C(=O)NC4CC4NC(=O)O)c(C)c23)C1. The summed E-state index contributed by atoms with van der Waals surface area (Å²) in [6.45, 7) is 3.26. The third-order valence-electron chi connectivity index (χ3n) is 6.34. The lowest BCUT2D eigenvalue weighted by Gasteiger charge is -2.36. The van der Waals surface area contributed by atoms with Crippen LogP contribution in [0.3, 0.4) is 0 Å². The molecule has 0 aliphatic heterocycles. The van der Waals surface area contributed by atoms with Gasteiger partial charge < -0.3 is 31.1 Å². The Labute approximate surface area is 214 Å². The Balaban J connectivity index is 1.34. The minimum absolute atomic E-state index is 0.0396. The highest BCUT2D eigenvalue weighted by Gasteiger charge is 2.40. The Morgan fingerprint density at radius 2 is 1.86 bits per heavy atom. The number of hydrogen-bond acceptors (Lipinski definition) is 8. The molecule has 2 saturated carbocycles. The van der Waals surface area contributed by atoms with E-state index >= 15 is 0 Å². The van der Waals surface area contributed by atoms with Gasteiger partial charge in [-0.1, -0.05) is 0 Å². The Morgan fingerprint density at radius 3 is 2.59 bits per heavy atom. The number of rotatable bonds is 8. The smallest absolute Gasteiger partial charge is 0.404 e. The lowest BCUT2D eigenvalue weighted by Crippen LogP contribution is -2.48. The Kier molecular flexibility index (Phi) is 6.54. The Morgan fingerprint density at radius 1 is 1.11 bits per heavy atom. The van der Waals surface area contributed by atoms with Crippen LogP contribution < -0.4 is 26.0 Å². The van der Waals surface area contributed by atoms with E-state index in [0.717, 1.165) is 0 Å². The number of halogens is 1. The molecule has 3 aromatic rings. The zero-order chi connectivity index (χ0) is 26.3. The summed E-state index contributed by atoms with van der Waals surface area (Å²) in [6, 6.07) is 3.65. The molecule has 5 rings (SSSR count). The Bertz CT molecular complexity index is 1390. The minimum atomic E-state index is -1.13. The summed E-state index contributed by atoms with van der Waals surface area (Å²) in [5.41, 5.74) is 1.17. The second-order valence-electron chi connectivity index (χ2n) is 9.20. The quantitative estimate of drug-likeness (QED) is 0.299. The molecule has 13 heteroatoms. The molecule has 0 radical (unpaired) electrons. The molecule has 0 bridgehead atoms. The molecule has 5 N–H and O–H groups in total. The number of carbonyl (C=O) groups excluding carboxylic acids is 2. The number of aryl methyl sites for hydroxylation is 1. The van der Waals surface area contributed by atoms with Crippen LogP contribution in [0.5, 0.6) is 5.75 Å². The number of amides is 3. The van der Waals surface area contributed by atoms with E-state index in [2.05, 4.69) is 31.2 Å². The van der Waals surface area contributed by atoms with E-state index in [0.29, 0.717) is 57.2 Å². The lowest BCUT2D eigenvalue weighted by molar-refractivity contribution is -0.120. The minimum Gasteiger partial charge on any atom is -0.488 e. The van der Waals surface area contributed by atoms with Crippen molar-refractivity contribution in [2.75, 3.05) is 5.32 Å². The van der Waals surface area contributed by atoms with Crippen molar-refractivity contribution in [3.63, 3.8) is 0 Å². The first kappa shape index (κ1) is 24.7. The van der Waals surface area contributed by atoms with Crippen LogP contribution in [0.4, 0.5) is 20.7 Å². The van der Waals surface area contributed by atoms with E-state index in [9.17, 15) is 18.8 Å². The summed E-state index contributed by atoms with van der Waals surface area (Å²) in [6.07, 6.45) is 1.88. The monoisotopic (exact) mass is 528 g/mol. The highest BCUT2D eigenvalue weighted by molar-refractivity contribution is 7.20. The molecule has 0 spiro atoms. The molecule has 37 heavy (non-hydrogen) atoms. The van der Waals surface area contributed by atoms with Crippen LogP contribution >= 0.6 is 11.3 Å². The van der Waals surface area contributed by atoms with Gasteiger partial charge in [0, 0.05) is 31.9 Å². The van der Waals surface area contributed by atoms with Crippen molar-refractivity contribution in [2.24, 2.45) is 0 Å². The number of benzene rings is 1. The van der Waals surface area contributed by atoms with Crippen molar-refractivity contribution >= 4 is 51.0 Å². The van der Waals surface area contributed by atoms with E-state index in [1.54, 1.807) is 13.0 Å². The zero-order valence-corrected chi connectivity index (χ0v) is 20.8. The topological polar surface area (TPSA) is 155 Å². The molecule has 194 valence electrons. The Hall–Kier alpha value is -4.00. The maximum atomic E-state index is 14.1. The van der Waals surface area contributed by atoms with Gasteiger partial charge in [0.1, 0.15) is 34.6 Å². The summed E-state index contributed by atoms with van der Waals surface area (Å²) >= 11 is 1.21. The van der Waals surface area contributed by atoms with Crippen LogP contribution in [0.25, 0.3) is 10.2 Å². The highest BCUT2D eigenvalue weighted by atomic mass is 32.1. The van der Waals surface area contributed by atoms with E-state index < -0.39 is 11.9 Å². The lowest BCUT2D eigenvalue weighted by atomic mass is 9.89. The average Bonchev–Trinajstić information content (AvgIpc) is 3.42. The summed E-state index contributed by atoms with van der Waals surface area (Å²) in [5.74, 6) is -0.106. The first-order valence-corrected chi connectivity index (χ1v) is 12.5. The summed E-state index contributed by atoms with van der Waals surface area (Å²) in [4.78, 5) is 44.6. The van der Waals surface area contributed by atoms with Crippen molar-refractivity contribution in [3.8, 4) is 5.75 Å². The number of aromatic nitrogens is 2. The molecular formula is C24H25FN6O5S. The second-order valence-corrected chi connectivity index (χ2v) is 10.2. The third kappa shape index (κ3) is 5.40. The first-order valence-electron chi connectivity index (χ1n) is 11.7. The van der Waals surface area contributed by atoms with Crippen molar-refractivity contribution in [2.45, 2.75) is 57.3 Å². The van der Waals surface area contributed by atoms with E-state index in [1.165, 1.54) is 36.7 Å². The van der Waals surface area contributed by atoms with E-state index in [4.69, 9.17) is 9.84 Å². The van der Waals surface area contributed by atoms with Gasteiger partial charge in [-0.25, -0.2) is 19.2 Å². The zero-order valence-electron chi connectivity index (χ0n) is 20.0. The molecule has 2 heterocycles. The number of fused-ring (bicyclic) bond motifs is 1. The molecule has 2 unspecified atom stereocenters. The van der Waals surface area contributed by atoms with Gasteiger partial charge in [0.25, 0.3) is 5.91 Å². The molecule has 11 nitrogen and oxygen atoms in total. The summed E-state index contributed by atoms with van der Waals surface area (Å²) < 4.78 is 20.1. The fourth-order valence-electron chi connectivity index (χ4n) is 4.36. The number of nitrogens with one attached hydrogen (secondary N) is 4. The number of nitrogens with zero attached hydrogens (tertiary/aromatic N) is 2. The molecule has 2 aliphatic rings. The van der Waals surface area contributed by atoms with E-state index in [-0.39, 0.29) is 36.0 Å². The van der Waals surface area contributed by atoms with Gasteiger partial charge in [0.15, 0.2) is 0 Å². The summed E-state index contributed by atoms with van der Waals surface area (Å²) in [7, 11) is 0. The molecule has 1 aromatic carbocycles. The van der Waals surface area contributed by atoms with Crippen molar-refractivity contribution in [1.82, 2.24) is 25.9 Å². The number of carboxylic acid groups (broad SMARTS) is 1. The fraction of sp³-hybridized carbons (Fsp3) is 0.375. The molecule has 2 atom stereocenters. The molecule has 2 fully saturated rings. The van der Waals surface area contributed by atoms with Crippen molar-refractivity contribution in [3.05, 3.63) is 40.8 Å². The van der Waals surface area contributed by atoms with Crippen LogP contribution in [-0.4, -0.2) is 57.2 Å². The maximum absolute atomic E-state index is 14.1. The molecular weight excluding hydrogens is 503 g/mol. The number of hydrogen-bond donors (Lipinski definition) is 5. The van der Waals surface area contributed by atoms with Gasteiger partial charge in [0.2, 0.25) is 5.91 Å². The van der Waals surface area contributed by atoms with Gasteiger partial charge in [-0.3, -0.25) is 9.59 Å². The van der Waals surface area contributed by atoms with Gasteiger partial charge in [-0.05, 0) is 31.0 Å². The summed E-state index contributed by atoms with van der Waals surface area (Å²) in [5, 5.41) is 20.7. The van der Waals surface area contributed by atoms with Crippen LogP contribution in [0.1, 0.15) is 41.4 Å². The maximum Gasteiger partial charge on any atom is 0.404 e. The number of anilines is 2. The standard InChI is InChI=1S/C24H25FN6O5S/c1-10-19-21(26-9-27-23(19)37-20(10)22(33)30-16-8-17(16)31-24(34)35)29-15-4-3-12(25)5-18(15)36-14-6-13(7-14)28-11(2)32/h3-5,9,13-14,16-17,31H,6-8H2,1-2H3,(H,28,32)(H,30,33)(H,34,35)(H,26,27,29).